The lowest BCUT2D eigenvalue weighted by atomic mass is 10.1. The molecular formula is C25H24N2O4S. The fourth-order valence-electron chi connectivity index (χ4n) is 4.32. The van der Waals surface area contributed by atoms with Crippen molar-refractivity contribution in [3.63, 3.8) is 0 Å². The van der Waals surface area contributed by atoms with Crippen LogP contribution < -0.4 is 10.0 Å². The first-order valence-corrected chi connectivity index (χ1v) is 12.2. The summed E-state index contributed by atoms with van der Waals surface area (Å²) in [5.74, 6) is -0.350. The van der Waals surface area contributed by atoms with E-state index in [4.69, 9.17) is 4.74 Å². The Hall–Kier alpha value is -3.00. The SMILES string of the molecule is O=C(Nc1ccc2c(c1)Cc1ccccc1-2)c1cccc(S(=O)(=O)NCC2CCCO2)c1. The van der Waals surface area contributed by atoms with Gasteiger partial charge in [0.25, 0.3) is 5.91 Å². The maximum Gasteiger partial charge on any atom is 0.255 e. The molecule has 164 valence electrons. The van der Waals surface area contributed by atoms with Crippen LogP contribution in [-0.2, 0) is 21.2 Å². The topological polar surface area (TPSA) is 84.5 Å². The van der Waals surface area contributed by atoms with Gasteiger partial charge in [0.1, 0.15) is 0 Å². The van der Waals surface area contributed by atoms with Gasteiger partial charge in [0.05, 0.1) is 11.0 Å². The minimum Gasteiger partial charge on any atom is -0.377 e. The van der Waals surface area contributed by atoms with Crippen LogP contribution in [0.2, 0.25) is 0 Å². The fraction of sp³-hybridized carbons (Fsp3) is 0.240. The second-order valence-electron chi connectivity index (χ2n) is 8.17. The number of anilines is 1. The minimum atomic E-state index is -3.73. The van der Waals surface area contributed by atoms with Gasteiger partial charge in [0.15, 0.2) is 0 Å². The van der Waals surface area contributed by atoms with Crippen molar-refractivity contribution >= 4 is 21.6 Å². The number of hydrogen-bond acceptors (Lipinski definition) is 4. The van der Waals surface area contributed by atoms with Crippen molar-refractivity contribution in [2.24, 2.45) is 0 Å². The number of rotatable bonds is 6. The monoisotopic (exact) mass is 448 g/mol. The van der Waals surface area contributed by atoms with Crippen LogP contribution in [0.3, 0.4) is 0 Å². The molecule has 1 aliphatic heterocycles. The van der Waals surface area contributed by atoms with Crippen molar-refractivity contribution < 1.29 is 17.9 Å². The van der Waals surface area contributed by atoms with E-state index in [0.717, 1.165) is 19.3 Å². The highest BCUT2D eigenvalue weighted by molar-refractivity contribution is 7.89. The standard InChI is InChI=1S/C25H24N2O4S/c28-25(27-20-10-11-24-19(14-20)13-17-5-1-2-9-23(17)24)18-6-3-8-22(15-18)32(29,30)26-16-21-7-4-12-31-21/h1-3,5-6,8-11,14-15,21,26H,4,7,12-13,16H2,(H,27,28). The summed E-state index contributed by atoms with van der Waals surface area (Å²) >= 11 is 0. The molecule has 1 saturated heterocycles. The van der Waals surface area contributed by atoms with Crippen LogP contribution in [0.1, 0.15) is 34.3 Å². The molecule has 2 N–H and O–H groups in total. The molecule has 0 aromatic heterocycles. The first-order valence-electron chi connectivity index (χ1n) is 10.7. The highest BCUT2D eigenvalue weighted by Gasteiger charge is 2.22. The number of fused-ring (bicyclic) bond motifs is 3. The Labute approximate surface area is 187 Å². The molecular weight excluding hydrogens is 424 g/mol. The summed E-state index contributed by atoms with van der Waals surface area (Å²) in [6.07, 6.45) is 2.52. The van der Waals surface area contributed by atoms with Gasteiger partial charge in [-0.1, -0.05) is 36.4 Å². The summed E-state index contributed by atoms with van der Waals surface area (Å²) in [6.45, 7) is 0.896. The van der Waals surface area contributed by atoms with Crippen molar-refractivity contribution in [1.29, 1.82) is 0 Å². The predicted octanol–water partition coefficient (Wildman–Crippen LogP) is 3.97. The van der Waals surface area contributed by atoms with Gasteiger partial charge < -0.3 is 10.1 Å². The Morgan fingerprint density at radius 3 is 2.66 bits per heavy atom. The summed E-state index contributed by atoms with van der Waals surface area (Å²) in [6, 6.07) is 20.2. The number of ether oxygens (including phenoxy) is 1. The number of benzene rings is 3. The molecule has 0 bridgehead atoms. The summed E-state index contributed by atoms with van der Waals surface area (Å²) in [5, 5.41) is 2.90. The zero-order valence-corrected chi connectivity index (χ0v) is 18.3. The number of amides is 1. The van der Waals surface area contributed by atoms with Crippen LogP contribution in [-0.4, -0.2) is 33.6 Å². The third-order valence-corrected chi connectivity index (χ3v) is 7.40. The van der Waals surface area contributed by atoms with E-state index in [0.29, 0.717) is 12.3 Å². The highest BCUT2D eigenvalue weighted by atomic mass is 32.2. The van der Waals surface area contributed by atoms with Crippen LogP contribution in [0.4, 0.5) is 5.69 Å². The molecule has 1 atom stereocenters. The molecule has 2 aliphatic rings. The molecule has 1 fully saturated rings. The first kappa shape index (κ1) is 20.9. The fourth-order valence-corrected chi connectivity index (χ4v) is 5.43. The molecule has 1 aliphatic carbocycles. The van der Waals surface area contributed by atoms with Crippen LogP contribution in [0.15, 0.2) is 71.6 Å². The second kappa shape index (κ2) is 8.50. The Morgan fingerprint density at radius 2 is 1.81 bits per heavy atom. The summed E-state index contributed by atoms with van der Waals surface area (Å²) < 4.78 is 33.4. The van der Waals surface area contributed by atoms with Crippen molar-refractivity contribution in [2.45, 2.75) is 30.3 Å². The molecule has 1 heterocycles. The predicted molar refractivity (Wildman–Crippen MR) is 123 cm³/mol. The van der Waals surface area contributed by atoms with Crippen LogP contribution >= 0.6 is 0 Å². The van der Waals surface area contributed by atoms with E-state index in [1.165, 1.54) is 34.4 Å². The second-order valence-corrected chi connectivity index (χ2v) is 9.94. The summed E-state index contributed by atoms with van der Waals surface area (Å²) in [7, 11) is -3.73. The van der Waals surface area contributed by atoms with Crippen LogP contribution in [0, 0.1) is 0 Å². The van der Waals surface area contributed by atoms with E-state index in [-0.39, 0.29) is 29.0 Å². The summed E-state index contributed by atoms with van der Waals surface area (Å²) in [5.41, 5.74) is 5.83. The van der Waals surface area contributed by atoms with Gasteiger partial charge in [0, 0.05) is 24.4 Å². The van der Waals surface area contributed by atoms with Gasteiger partial charge in [-0.15, -0.1) is 0 Å². The third-order valence-electron chi connectivity index (χ3n) is 5.98. The Morgan fingerprint density at radius 1 is 0.969 bits per heavy atom. The molecule has 1 unspecified atom stereocenters. The highest BCUT2D eigenvalue weighted by Crippen LogP contribution is 2.37. The molecule has 6 nitrogen and oxygen atoms in total. The molecule has 0 saturated carbocycles. The molecule has 5 rings (SSSR count). The normalized spacial score (nSPS) is 17.1. The molecule has 0 spiro atoms. The zero-order chi connectivity index (χ0) is 22.1. The third kappa shape index (κ3) is 4.19. The van der Waals surface area contributed by atoms with E-state index in [2.05, 4.69) is 22.2 Å². The Bertz CT molecular complexity index is 1280. The maximum absolute atomic E-state index is 12.8. The van der Waals surface area contributed by atoms with Gasteiger partial charge in [-0.25, -0.2) is 13.1 Å². The number of hydrogen-bond donors (Lipinski definition) is 2. The zero-order valence-electron chi connectivity index (χ0n) is 17.5. The van der Waals surface area contributed by atoms with Gasteiger partial charge in [-0.2, -0.15) is 0 Å². The van der Waals surface area contributed by atoms with Crippen LogP contribution in [0.5, 0.6) is 0 Å². The largest absolute Gasteiger partial charge is 0.377 e. The van der Waals surface area contributed by atoms with Gasteiger partial charge in [-0.05, 0) is 71.8 Å². The number of carbonyl (C=O) groups is 1. The lowest BCUT2D eigenvalue weighted by Crippen LogP contribution is -2.32. The van der Waals surface area contributed by atoms with Crippen LogP contribution in [0.25, 0.3) is 11.1 Å². The molecule has 7 heteroatoms. The molecule has 1 amide bonds. The van der Waals surface area contributed by atoms with E-state index >= 15 is 0 Å². The van der Waals surface area contributed by atoms with Gasteiger partial charge in [0.2, 0.25) is 10.0 Å². The van der Waals surface area contributed by atoms with E-state index in [1.54, 1.807) is 12.1 Å². The molecule has 3 aromatic carbocycles. The van der Waals surface area contributed by atoms with Gasteiger partial charge in [-0.3, -0.25) is 4.79 Å². The molecule has 3 aromatic rings. The van der Waals surface area contributed by atoms with Crippen molar-refractivity contribution in [3.05, 3.63) is 83.4 Å². The molecule has 32 heavy (non-hydrogen) atoms. The van der Waals surface area contributed by atoms with Crippen molar-refractivity contribution in [3.8, 4) is 11.1 Å². The summed E-state index contributed by atoms with van der Waals surface area (Å²) in [4.78, 5) is 12.9. The lowest BCUT2D eigenvalue weighted by Gasteiger charge is -2.12. The smallest absolute Gasteiger partial charge is 0.255 e. The lowest BCUT2D eigenvalue weighted by molar-refractivity contribution is 0.102. The number of carbonyl (C=O) groups excluding carboxylic acids is 1. The Kier molecular flexibility index (Phi) is 5.55. The van der Waals surface area contributed by atoms with E-state index < -0.39 is 10.0 Å². The van der Waals surface area contributed by atoms with Gasteiger partial charge >= 0.3 is 0 Å². The quantitative estimate of drug-likeness (QED) is 0.468. The van der Waals surface area contributed by atoms with E-state index in [1.807, 2.05) is 30.3 Å². The molecule has 0 radical (unpaired) electrons. The number of sulfonamides is 1. The number of nitrogens with one attached hydrogen (secondary N) is 2. The van der Waals surface area contributed by atoms with Crippen molar-refractivity contribution in [2.75, 3.05) is 18.5 Å². The first-order chi connectivity index (χ1) is 15.5. The van der Waals surface area contributed by atoms with E-state index in [9.17, 15) is 13.2 Å². The maximum atomic E-state index is 12.8. The minimum absolute atomic E-state index is 0.0625. The Balaban J connectivity index is 1.30. The van der Waals surface area contributed by atoms with Crippen molar-refractivity contribution in [1.82, 2.24) is 4.72 Å². The average Bonchev–Trinajstić information content (AvgIpc) is 3.45. The average molecular weight is 449 g/mol.